The third kappa shape index (κ3) is 2.04. The van der Waals surface area contributed by atoms with Crippen molar-refractivity contribution >= 4 is 5.91 Å². The van der Waals surface area contributed by atoms with E-state index in [1.165, 1.54) is 6.26 Å². The SMILES string of the molecule is CC1CN(C(=O)c2ccco2)CCN1C. The molecular formula is C11H16N2O2. The number of piperazine rings is 1. The van der Waals surface area contributed by atoms with E-state index in [2.05, 4.69) is 18.9 Å². The maximum absolute atomic E-state index is 11.9. The van der Waals surface area contributed by atoms with Crippen LogP contribution >= 0.6 is 0 Å². The van der Waals surface area contributed by atoms with Gasteiger partial charge in [0.2, 0.25) is 0 Å². The van der Waals surface area contributed by atoms with Gasteiger partial charge in [-0.2, -0.15) is 0 Å². The second kappa shape index (κ2) is 4.06. The predicted molar refractivity (Wildman–Crippen MR) is 56.7 cm³/mol. The normalized spacial score (nSPS) is 23.1. The first-order valence-electron chi connectivity index (χ1n) is 5.21. The van der Waals surface area contributed by atoms with E-state index in [0.29, 0.717) is 11.8 Å². The molecule has 4 heteroatoms. The molecule has 82 valence electrons. The van der Waals surface area contributed by atoms with Crippen LogP contribution in [0.2, 0.25) is 0 Å². The predicted octanol–water partition coefficient (Wildman–Crippen LogP) is 1.06. The van der Waals surface area contributed by atoms with Crippen molar-refractivity contribution in [2.75, 3.05) is 26.7 Å². The smallest absolute Gasteiger partial charge is 0.289 e. The molecule has 0 radical (unpaired) electrons. The maximum Gasteiger partial charge on any atom is 0.289 e. The zero-order chi connectivity index (χ0) is 10.8. The van der Waals surface area contributed by atoms with E-state index >= 15 is 0 Å². The first kappa shape index (κ1) is 10.2. The number of furan rings is 1. The summed E-state index contributed by atoms with van der Waals surface area (Å²) in [7, 11) is 2.08. The van der Waals surface area contributed by atoms with Gasteiger partial charge in [-0.3, -0.25) is 4.79 Å². The van der Waals surface area contributed by atoms with Crippen LogP contribution in [0.5, 0.6) is 0 Å². The summed E-state index contributed by atoms with van der Waals surface area (Å²) in [5.41, 5.74) is 0. The van der Waals surface area contributed by atoms with Crippen molar-refractivity contribution < 1.29 is 9.21 Å². The molecule has 0 saturated carbocycles. The van der Waals surface area contributed by atoms with E-state index in [-0.39, 0.29) is 5.91 Å². The lowest BCUT2D eigenvalue weighted by Gasteiger charge is -2.37. The van der Waals surface area contributed by atoms with Gasteiger partial charge < -0.3 is 14.2 Å². The summed E-state index contributed by atoms with van der Waals surface area (Å²) in [5, 5.41) is 0. The van der Waals surface area contributed by atoms with Gasteiger partial charge in [0.1, 0.15) is 0 Å². The Kier molecular flexibility index (Phi) is 2.77. The molecule has 0 spiro atoms. The van der Waals surface area contributed by atoms with Crippen molar-refractivity contribution in [1.82, 2.24) is 9.80 Å². The van der Waals surface area contributed by atoms with Crippen LogP contribution in [0.4, 0.5) is 0 Å². The van der Waals surface area contributed by atoms with Crippen molar-refractivity contribution in [3.8, 4) is 0 Å². The minimum absolute atomic E-state index is 0.0000463. The third-order valence-electron chi connectivity index (χ3n) is 2.98. The largest absolute Gasteiger partial charge is 0.459 e. The quantitative estimate of drug-likeness (QED) is 0.692. The Labute approximate surface area is 89.5 Å². The van der Waals surface area contributed by atoms with Crippen molar-refractivity contribution in [3.05, 3.63) is 24.2 Å². The highest BCUT2D eigenvalue weighted by molar-refractivity contribution is 5.91. The van der Waals surface area contributed by atoms with Crippen LogP contribution in [-0.4, -0.2) is 48.4 Å². The molecule has 1 aromatic heterocycles. The van der Waals surface area contributed by atoms with Crippen LogP contribution in [0.3, 0.4) is 0 Å². The minimum Gasteiger partial charge on any atom is -0.459 e. The molecule has 0 N–H and O–H groups in total. The monoisotopic (exact) mass is 208 g/mol. The standard InChI is InChI=1S/C11H16N2O2/c1-9-8-13(6-5-12(9)2)11(14)10-4-3-7-15-10/h3-4,7,9H,5-6,8H2,1-2H3. The summed E-state index contributed by atoms with van der Waals surface area (Å²) >= 11 is 0. The number of hydrogen-bond donors (Lipinski definition) is 0. The Hall–Kier alpha value is -1.29. The Morgan fingerprint density at radius 1 is 1.53 bits per heavy atom. The van der Waals surface area contributed by atoms with Crippen molar-refractivity contribution in [2.45, 2.75) is 13.0 Å². The molecular weight excluding hydrogens is 192 g/mol. The number of nitrogens with zero attached hydrogens (tertiary/aromatic N) is 2. The fraction of sp³-hybridized carbons (Fsp3) is 0.545. The van der Waals surface area contributed by atoms with Crippen LogP contribution in [0, 0.1) is 0 Å². The fourth-order valence-corrected chi connectivity index (χ4v) is 1.79. The minimum atomic E-state index is -0.0000463. The highest BCUT2D eigenvalue weighted by Gasteiger charge is 2.26. The number of likely N-dealkylation sites (N-methyl/N-ethyl adjacent to an activating group) is 1. The number of amides is 1. The van der Waals surface area contributed by atoms with Gasteiger partial charge in [0, 0.05) is 25.7 Å². The molecule has 1 aliphatic rings. The summed E-state index contributed by atoms with van der Waals surface area (Å²) in [6.07, 6.45) is 1.53. The maximum atomic E-state index is 11.9. The van der Waals surface area contributed by atoms with E-state index in [9.17, 15) is 4.79 Å². The number of carbonyl (C=O) groups excluding carboxylic acids is 1. The van der Waals surface area contributed by atoms with Gasteiger partial charge in [0.15, 0.2) is 5.76 Å². The van der Waals surface area contributed by atoms with E-state index in [4.69, 9.17) is 4.42 Å². The first-order valence-corrected chi connectivity index (χ1v) is 5.21. The molecule has 0 aliphatic carbocycles. The van der Waals surface area contributed by atoms with Gasteiger partial charge in [0.25, 0.3) is 5.91 Å². The number of carbonyl (C=O) groups is 1. The summed E-state index contributed by atoms with van der Waals surface area (Å²) in [6.45, 7) is 4.60. The van der Waals surface area contributed by atoms with Gasteiger partial charge >= 0.3 is 0 Å². The molecule has 1 fully saturated rings. The number of hydrogen-bond acceptors (Lipinski definition) is 3. The molecule has 1 amide bonds. The second-order valence-electron chi connectivity index (χ2n) is 4.06. The van der Waals surface area contributed by atoms with E-state index < -0.39 is 0 Å². The van der Waals surface area contributed by atoms with Gasteiger partial charge in [-0.15, -0.1) is 0 Å². The van der Waals surface area contributed by atoms with Gasteiger partial charge in [-0.25, -0.2) is 0 Å². The lowest BCUT2D eigenvalue weighted by atomic mass is 10.2. The molecule has 1 aliphatic heterocycles. The number of rotatable bonds is 1. The fourth-order valence-electron chi connectivity index (χ4n) is 1.79. The van der Waals surface area contributed by atoms with E-state index in [1.807, 2.05) is 4.90 Å². The molecule has 1 aromatic rings. The van der Waals surface area contributed by atoms with E-state index in [1.54, 1.807) is 12.1 Å². The Morgan fingerprint density at radius 3 is 2.93 bits per heavy atom. The molecule has 0 bridgehead atoms. The highest BCUT2D eigenvalue weighted by Crippen LogP contribution is 2.11. The van der Waals surface area contributed by atoms with Gasteiger partial charge in [0.05, 0.1) is 6.26 Å². The average molecular weight is 208 g/mol. The molecule has 2 rings (SSSR count). The van der Waals surface area contributed by atoms with Crippen molar-refractivity contribution in [1.29, 1.82) is 0 Å². The summed E-state index contributed by atoms with van der Waals surface area (Å²) in [4.78, 5) is 16.0. The Morgan fingerprint density at radius 2 is 2.33 bits per heavy atom. The van der Waals surface area contributed by atoms with Crippen LogP contribution in [0.25, 0.3) is 0 Å². The van der Waals surface area contributed by atoms with Crippen molar-refractivity contribution in [3.63, 3.8) is 0 Å². The third-order valence-corrected chi connectivity index (χ3v) is 2.98. The average Bonchev–Trinajstić information content (AvgIpc) is 2.74. The van der Waals surface area contributed by atoms with Gasteiger partial charge in [-0.1, -0.05) is 0 Å². The Bertz CT molecular complexity index is 334. The van der Waals surface area contributed by atoms with Crippen LogP contribution in [0.15, 0.2) is 22.8 Å². The summed E-state index contributed by atoms with van der Waals surface area (Å²) in [6, 6.07) is 3.87. The zero-order valence-electron chi connectivity index (χ0n) is 9.14. The lowest BCUT2D eigenvalue weighted by Crippen LogP contribution is -2.51. The highest BCUT2D eigenvalue weighted by atomic mass is 16.3. The molecule has 1 unspecified atom stereocenters. The molecule has 0 aromatic carbocycles. The van der Waals surface area contributed by atoms with Crippen LogP contribution in [0.1, 0.15) is 17.5 Å². The molecule has 1 atom stereocenters. The summed E-state index contributed by atoms with van der Waals surface area (Å²) in [5.74, 6) is 0.437. The summed E-state index contributed by atoms with van der Waals surface area (Å²) < 4.78 is 5.11. The van der Waals surface area contributed by atoms with Crippen LogP contribution in [-0.2, 0) is 0 Å². The topological polar surface area (TPSA) is 36.7 Å². The first-order chi connectivity index (χ1) is 7.18. The molecule has 2 heterocycles. The Balaban J connectivity index is 2.03. The lowest BCUT2D eigenvalue weighted by molar-refractivity contribution is 0.0543. The zero-order valence-corrected chi connectivity index (χ0v) is 9.14. The van der Waals surface area contributed by atoms with Crippen LogP contribution < -0.4 is 0 Å². The van der Waals surface area contributed by atoms with E-state index in [0.717, 1.165) is 19.6 Å². The molecule has 15 heavy (non-hydrogen) atoms. The van der Waals surface area contributed by atoms with Crippen molar-refractivity contribution in [2.24, 2.45) is 0 Å². The molecule has 1 saturated heterocycles. The molecule has 4 nitrogen and oxygen atoms in total. The van der Waals surface area contributed by atoms with Gasteiger partial charge in [-0.05, 0) is 26.1 Å². The second-order valence-corrected chi connectivity index (χ2v) is 4.06.